The molecule has 1 heterocycles. The van der Waals surface area contributed by atoms with Crippen LogP contribution < -0.4 is 0 Å². The molecule has 0 aliphatic heterocycles. The van der Waals surface area contributed by atoms with Gasteiger partial charge < -0.3 is 5.21 Å². The van der Waals surface area contributed by atoms with E-state index in [0.717, 1.165) is 11.1 Å². The minimum Gasteiger partial charge on any atom is -0.411 e. The average Bonchev–Trinajstić information content (AvgIpc) is 2.39. The Balaban J connectivity index is 2.34. The third-order valence-electron chi connectivity index (χ3n) is 2.13. The Hall–Kier alpha value is -2.60. The van der Waals surface area contributed by atoms with Gasteiger partial charge in [0.25, 0.3) is 0 Å². The zero-order valence-corrected chi connectivity index (χ0v) is 9.04. The summed E-state index contributed by atoms with van der Waals surface area (Å²) in [5.74, 6) is 6.03. The zero-order chi connectivity index (χ0) is 11.9. The van der Waals surface area contributed by atoms with E-state index in [1.807, 2.05) is 36.4 Å². The van der Waals surface area contributed by atoms with Crippen LogP contribution in [0.2, 0.25) is 0 Å². The van der Waals surface area contributed by atoms with Crippen LogP contribution >= 0.6 is 0 Å². The molecule has 2 rings (SSSR count). The largest absolute Gasteiger partial charge is 0.411 e. The Kier molecular flexibility index (Phi) is 3.51. The third kappa shape index (κ3) is 2.93. The summed E-state index contributed by atoms with van der Waals surface area (Å²) in [5.41, 5.74) is 2.22. The van der Waals surface area contributed by atoms with E-state index < -0.39 is 0 Å². The minimum atomic E-state index is 0.554. The van der Waals surface area contributed by atoms with E-state index in [9.17, 15) is 0 Å². The molecule has 0 saturated heterocycles. The summed E-state index contributed by atoms with van der Waals surface area (Å²) in [6.07, 6.45) is 2.90. The molecular formula is C14H10N2O. The summed E-state index contributed by atoms with van der Waals surface area (Å²) in [6.45, 7) is 0. The van der Waals surface area contributed by atoms with Crippen LogP contribution in [0.3, 0.4) is 0 Å². The Labute approximate surface area is 99.4 Å². The van der Waals surface area contributed by atoms with Gasteiger partial charge in [-0.05, 0) is 24.3 Å². The molecule has 0 aliphatic rings. The molecule has 0 radical (unpaired) electrons. The molecule has 0 unspecified atom stereocenters. The van der Waals surface area contributed by atoms with Gasteiger partial charge in [-0.3, -0.25) is 4.98 Å². The van der Waals surface area contributed by atoms with Crippen LogP contribution in [0.5, 0.6) is 0 Å². The van der Waals surface area contributed by atoms with Gasteiger partial charge in [0.05, 0.1) is 11.8 Å². The summed E-state index contributed by atoms with van der Waals surface area (Å²) >= 11 is 0. The van der Waals surface area contributed by atoms with Crippen LogP contribution in [0.25, 0.3) is 0 Å². The van der Waals surface area contributed by atoms with Gasteiger partial charge in [0.15, 0.2) is 0 Å². The number of oxime groups is 1. The summed E-state index contributed by atoms with van der Waals surface area (Å²) in [7, 11) is 0. The number of hydrogen-bond acceptors (Lipinski definition) is 3. The molecule has 82 valence electrons. The second-order valence-electron chi connectivity index (χ2n) is 3.30. The van der Waals surface area contributed by atoms with Crippen molar-refractivity contribution in [2.45, 2.75) is 0 Å². The number of hydrogen-bond donors (Lipinski definition) is 1. The summed E-state index contributed by atoms with van der Waals surface area (Å²) < 4.78 is 0. The lowest BCUT2D eigenvalue weighted by Gasteiger charge is -1.94. The maximum absolute atomic E-state index is 8.51. The van der Waals surface area contributed by atoms with Crippen LogP contribution in [-0.2, 0) is 0 Å². The maximum atomic E-state index is 8.51. The molecule has 0 fully saturated rings. The fraction of sp³-hybridized carbons (Fsp3) is 0. The van der Waals surface area contributed by atoms with E-state index in [1.54, 1.807) is 12.3 Å². The molecule has 1 aromatic heterocycles. The average molecular weight is 222 g/mol. The van der Waals surface area contributed by atoms with Crippen molar-refractivity contribution in [1.29, 1.82) is 0 Å². The van der Waals surface area contributed by atoms with Gasteiger partial charge in [0.1, 0.15) is 5.69 Å². The highest BCUT2D eigenvalue weighted by Crippen LogP contribution is 2.02. The van der Waals surface area contributed by atoms with Crippen molar-refractivity contribution in [2.75, 3.05) is 0 Å². The number of benzene rings is 1. The highest BCUT2D eigenvalue weighted by molar-refractivity contribution is 5.80. The molecule has 17 heavy (non-hydrogen) atoms. The van der Waals surface area contributed by atoms with Crippen LogP contribution in [0, 0.1) is 11.8 Å². The zero-order valence-electron chi connectivity index (χ0n) is 9.04. The van der Waals surface area contributed by atoms with Crippen molar-refractivity contribution in [3.63, 3.8) is 0 Å². The molecule has 3 heteroatoms. The van der Waals surface area contributed by atoms with Crippen molar-refractivity contribution >= 4 is 6.21 Å². The predicted molar refractivity (Wildman–Crippen MR) is 66.0 cm³/mol. The van der Waals surface area contributed by atoms with Gasteiger partial charge in [0, 0.05) is 11.8 Å². The van der Waals surface area contributed by atoms with Gasteiger partial charge >= 0.3 is 0 Å². The molecule has 0 aliphatic carbocycles. The fourth-order valence-corrected chi connectivity index (χ4v) is 1.34. The summed E-state index contributed by atoms with van der Waals surface area (Å²) in [4.78, 5) is 4.07. The van der Waals surface area contributed by atoms with Gasteiger partial charge in [-0.15, -0.1) is 0 Å². The van der Waals surface area contributed by atoms with E-state index in [2.05, 4.69) is 22.0 Å². The van der Waals surface area contributed by atoms with Gasteiger partial charge in [-0.2, -0.15) is 0 Å². The van der Waals surface area contributed by atoms with E-state index >= 15 is 0 Å². The quantitative estimate of drug-likeness (QED) is 0.348. The van der Waals surface area contributed by atoms with Gasteiger partial charge in [-0.25, -0.2) is 0 Å². The highest BCUT2D eigenvalue weighted by atomic mass is 16.4. The molecule has 0 amide bonds. The molecule has 1 aromatic carbocycles. The lowest BCUT2D eigenvalue weighted by Crippen LogP contribution is -1.91. The molecule has 2 aromatic rings. The molecule has 0 saturated carbocycles. The van der Waals surface area contributed by atoms with Crippen LogP contribution in [0.1, 0.15) is 16.8 Å². The Morgan fingerprint density at radius 2 is 1.88 bits per heavy atom. The number of aromatic nitrogens is 1. The van der Waals surface area contributed by atoms with Crippen molar-refractivity contribution in [1.82, 2.24) is 4.98 Å². The number of nitrogens with zero attached hydrogens (tertiary/aromatic N) is 2. The first-order chi connectivity index (χ1) is 8.40. The van der Waals surface area contributed by atoms with E-state index in [4.69, 9.17) is 5.21 Å². The van der Waals surface area contributed by atoms with E-state index in [1.165, 1.54) is 6.21 Å². The lowest BCUT2D eigenvalue weighted by molar-refractivity contribution is 0.321. The van der Waals surface area contributed by atoms with E-state index in [-0.39, 0.29) is 0 Å². The van der Waals surface area contributed by atoms with Crippen LogP contribution in [0.15, 0.2) is 53.8 Å². The second-order valence-corrected chi connectivity index (χ2v) is 3.30. The molecule has 0 bridgehead atoms. The number of pyridine rings is 1. The molecule has 0 atom stereocenters. The molecule has 0 spiro atoms. The highest BCUT2D eigenvalue weighted by Gasteiger charge is 1.96. The van der Waals surface area contributed by atoms with Crippen molar-refractivity contribution in [3.8, 4) is 11.8 Å². The Bertz CT molecular complexity index is 580. The third-order valence-corrected chi connectivity index (χ3v) is 2.13. The molecule has 3 nitrogen and oxygen atoms in total. The minimum absolute atomic E-state index is 0.554. The first kappa shape index (κ1) is 10.9. The predicted octanol–water partition coefficient (Wildman–Crippen LogP) is 2.29. The smallest absolute Gasteiger partial charge is 0.100 e. The monoisotopic (exact) mass is 222 g/mol. The lowest BCUT2D eigenvalue weighted by atomic mass is 10.1. The standard InChI is InChI=1S/C14H10N2O/c17-16-11-14-13(7-4-10-15-14)9-8-12-5-2-1-3-6-12/h1-7,10-11,17H/b16-11+. The number of rotatable bonds is 1. The second kappa shape index (κ2) is 5.47. The Morgan fingerprint density at radius 1 is 1.06 bits per heavy atom. The Morgan fingerprint density at radius 3 is 2.65 bits per heavy atom. The maximum Gasteiger partial charge on any atom is 0.100 e. The fourth-order valence-electron chi connectivity index (χ4n) is 1.34. The summed E-state index contributed by atoms with van der Waals surface area (Å²) in [5, 5.41) is 11.5. The summed E-state index contributed by atoms with van der Waals surface area (Å²) in [6, 6.07) is 13.3. The normalized spacial score (nSPS) is 9.88. The van der Waals surface area contributed by atoms with E-state index in [0.29, 0.717) is 5.69 Å². The van der Waals surface area contributed by atoms with Crippen LogP contribution in [-0.4, -0.2) is 16.4 Å². The topological polar surface area (TPSA) is 45.5 Å². The van der Waals surface area contributed by atoms with Crippen molar-refractivity contribution in [2.24, 2.45) is 5.16 Å². The molecular weight excluding hydrogens is 212 g/mol. The van der Waals surface area contributed by atoms with Crippen LogP contribution in [0.4, 0.5) is 0 Å². The van der Waals surface area contributed by atoms with Gasteiger partial charge in [-0.1, -0.05) is 35.2 Å². The molecule has 1 N–H and O–H groups in total. The van der Waals surface area contributed by atoms with Crippen molar-refractivity contribution in [3.05, 3.63) is 65.5 Å². The first-order valence-electron chi connectivity index (χ1n) is 5.09. The van der Waals surface area contributed by atoms with Gasteiger partial charge in [0.2, 0.25) is 0 Å². The van der Waals surface area contributed by atoms with Crippen molar-refractivity contribution < 1.29 is 5.21 Å². The first-order valence-corrected chi connectivity index (χ1v) is 5.09. The SMILES string of the molecule is O/N=C/c1ncccc1C#Cc1ccccc1.